The Morgan fingerprint density at radius 1 is 0.844 bits per heavy atom. The van der Waals surface area contributed by atoms with Gasteiger partial charge in [-0.1, -0.05) is 63.2 Å². The Morgan fingerprint density at radius 2 is 1.66 bits per heavy atom. The highest BCUT2D eigenvalue weighted by atomic mass is 16.3. The average molecular weight is 420 g/mol. The van der Waals surface area contributed by atoms with Crippen molar-refractivity contribution in [3.8, 4) is 11.3 Å². The molecule has 0 aliphatic heterocycles. The van der Waals surface area contributed by atoms with Crippen LogP contribution in [0.1, 0.15) is 48.9 Å². The molecule has 2 heteroatoms. The topological polar surface area (TPSA) is 26.0 Å². The molecule has 0 bridgehead atoms. The van der Waals surface area contributed by atoms with E-state index in [1.54, 1.807) is 0 Å². The summed E-state index contributed by atoms with van der Waals surface area (Å²) in [6.07, 6.45) is 3.07. The molecule has 0 N–H and O–H groups in total. The Balaban J connectivity index is 1.66. The second-order valence-corrected chi connectivity index (χ2v) is 9.26. The SMILES string of the molecule is Cc1cnc(-c2ccc3oc4cccc(C(C)c5ccccc5)c4c3c2)cc1CC(C)C. The van der Waals surface area contributed by atoms with Gasteiger partial charge in [0.15, 0.2) is 0 Å². The molecule has 0 saturated heterocycles. The van der Waals surface area contributed by atoms with Crippen molar-refractivity contribution >= 4 is 21.9 Å². The van der Waals surface area contributed by atoms with Gasteiger partial charge in [0.05, 0.1) is 5.69 Å². The first-order valence-electron chi connectivity index (χ1n) is 11.5. The molecule has 2 heterocycles. The van der Waals surface area contributed by atoms with E-state index in [9.17, 15) is 0 Å². The number of hydrogen-bond acceptors (Lipinski definition) is 2. The Labute approximate surface area is 189 Å². The van der Waals surface area contributed by atoms with E-state index in [1.165, 1.54) is 27.6 Å². The first kappa shape index (κ1) is 20.5. The molecule has 2 nitrogen and oxygen atoms in total. The van der Waals surface area contributed by atoms with Gasteiger partial charge < -0.3 is 4.42 Å². The van der Waals surface area contributed by atoms with Gasteiger partial charge in [0.2, 0.25) is 0 Å². The van der Waals surface area contributed by atoms with Crippen molar-refractivity contribution in [1.29, 1.82) is 0 Å². The van der Waals surface area contributed by atoms with E-state index in [0.29, 0.717) is 5.92 Å². The predicted octanol–water partition coefficient (Wildman–Crippen LogP) is 8.31. The number of aryl methyl sites for hydroxylation is 1. The first-order chi connectivity index (χ1) is 15.5. The normalized spacial score (nSPS) is 12.7. The van der Waals surface area contributed by atoms with Gasteiger partial charge >= 0.3 is 0 Å². The van der Waals surface area contributed by atoms with Crippen LogP contribution in [0.3, 0.4) is 0 Å². The van der Waals surface area contributed by atoms with E-state index < -0.39 is 0 Å². The number of fused-ring (bicyclic) bond motifs is 3. The summed E-state index contributed by atoms with van der Waals surface area (Å²) in [6.45, 7) is 8.95. The van der Waals surface area contributed by atoms with Crippen LogP contribution >= 0.6 is 0 Å². The molecule has 0 amide bonds. The predicted molar refractivity (Wildman–Crippen MR) is 134 cm³/mol. The zero-order valence-corrected chi connectivity index (χ0v) is 19.2. The second-order valence-electron chi connectivity index (χ2n) is 9.26. The summed E-state index contributed by atoms with van der Waals surface area (Å²) in [4.78, 5) is 4.76. The van der Waals surface area contributed by atoms with Crippen LogP contribution in [0.25, 0.3) is 33.2 Å². The van der Waals surface area contributed by atoms with E-state index in [1.807, 2.05) is 6.20 Å². The van der Waals surface area contributed by atoms with Crippen LogP contribution in [-0.4, -0.2) is 4.98 Å². The molecule has 5 aromatic rings. The van der Waals surface area contributed by atoms with Crippen LogP contribution in [0.4, 0.5) is 0 Å². The number of benzene rings is 3. The number of nitrogens with zero attached hydrogens (tertiary/aromatic N) is 1. The van der Waals surface area contributed by atoms with Crippen molar-refractivity contribution in [1.82, 2.24) is 4.98 Å². The molecule has 3 aromatic carbocycles. The number of pyridine rings is 1. The highest BCUT2D eigenvalue weighted by molar-refractivity contribution is 6.08. The molecule has 1 unspecified atom stereocenters. The third-order valence-corrected chi connectivity index (χ3v) is 6.43. The number of aromatic nitrogens is 1. The van der Waals surface area contributed by atoms with E-state index in [0.717, 1.165) is 34.2 Å². The van der Waals surface area contributed by atoms with Gasteiger partial charge in [-0.05, 0) is 71.8 Å². The maximum Gasteiger partial charge on any atom is 0.135 e. The molecular formula is C30H29NO. The maximum absolute atomic E-state index is 6.25. The molecule has 2 aromatic heterocycles. The van der Waals surface area contributed by atoms with Crippen LogP contribution in [0, 0.1) is 12.8 Å². The van der Waals surface area contributed by atoms with Crippen molar-refractivity contribution < 1.29 is 4.42 Å². The Kier molecular flexibility index (Phi) is 5.30. The average Bonchev–Trinajstić information content (AvgIpc) is 3.18. The Morgan fingerprint density at radius 3 is 2.44 bits per heavy atom. The van der Waals surface area contributed by atoms with Crippen LogP contribution in [-0.2, 0) is 6.42 Å². The van der Waals surface area contributed by atoms with Gasteiger partial charge in [-0.2, -0.15) is 0 Å². The van der Waals surface area contributed by atoms with Gasteiger partial charge in [0, 0.05) is 28.5 Å². The minimum Gasteiger partial charge on any atom is -0.456 e. The van der Waals surface area contributed by atoms with Gasteiger partial charge in [0.25, 0.3) is 0 Å². The maximum atomic E-state index is 6.25. The summed E-state index contributed by atoms with van der Waals surface area (Å²) in [5.74, 6) is 0.894. The molecule has 0 saturated carbocycles. The lowest BCUT2D eigenvalue weighted by Gasteiger charge is -2.14. The van der Waals surface area contributed by atoms with Gasteiger partial charge in [-0.25, -0.2) is 0 Å². The Bertz CT molecular complexity index is 1400. The second kappa shape index (κ2) is 8.27. The molecule has 160 valence electrons. The third-order valence-electron chi connectivity index (χ3n) is 6.43. The fraction of sp³-hybridized carbons (Fsp3) is 0.233. The van der Waals surface area contributed by atoms with Crippen LogP contribution < -0.4 is 0 Å². The first-order valence-corrected chi connectivity index (χ1v) is 11.5. The van der Waals surface area contributed by atoms with E-state index in [4.69, 9.17) is 9.40 Å². The molecule has 32 heavy (non-hydrogen) atoms. The van der Waals surface area contributed by atoms with Gasteiger partial charge in [-0.3, -0.25) is 4.98 Å². The molecule has 1 atom stereocenters. The minimum atomic E-state index is 0.277. The number of furan rings is 1. The Hall–Kier alpha value is -3.39. The summed E-state index contributed by atoms with van der Waals surface area (Å²) < 4.78 is 6.25. The molecule has 0 fully saturated rings. The van der Waals surface area contributed by atoms with Gasteiger partial charge in [0.1, 0.15) is 11.2 Å². The smallest absolute Gasteiger partial charge is 0.135 e. The van der Waals surface area contributed by atoms with Gasteiger partial charge in [-0.15, -0.1) is 0 Å². The molecular weight excluding hydrogens is 390 g/mol. The lowest BCUT2D eigenvalue weighted by atomic mass is 9.89. The van der Waals surface area contributed by atoms with Crippen LogP contribution in [0.5, 0.6) is 0 Å². The lowest BCUT2D eigenvalue weighted by molar-refractivity contribution is 0.644. The monoisotopic (exact) mass is 419 g/mol. The minimum absolute atomic E-state index is 0.277. The third kappa shape index (κ3) is 3.71. The molecule has 0 aliphatic rings. The zero-order chi connectivity index (χ0) is 22.2. The summed E-state index contributed by atoms with van der Waals surface area (Å²) >= 11 is 0. The zero-order valence-electron chi connectivity index (χ0n) is 19.2. The number of rotatable bonds is 5. The molecule has 0 spiro atoms. The molecule has 0 radical (unpaired) electrons. The fourth-order valence-electron chi connectivity index (χ4n) is 4.68. The summed E-state index contributed by atoms with van der Waals surface area (Å²) in [6, 6.07) is 25.8. The fourth-order valence-corrected chi connectivity index (χ4v) is 4.68. The highest BCUT2D eigenvalue weighted by Gasteiger charge is 2.17. The summed E-state index contributed by atoms with van der Waals surface area (Å²) in [5.41, 5.74) is 9.26. The van der Waals surface area contributed by atoms with E-state index in [-0.39, 0.29) is 5.92 Å². The molecule has 0 aliphatic carbocycles. The number of hydrogen-bond donors (Lipinski definition) is 0. The summed E-state index contributed by atoms with van der Waals surface area (Å²) in [5, 5.41) is 2.36. The van der Waals surface area contributed by atoms with Crippen LogP contribution in [0.15, 0.2) is 83.4 Å². The van der Waals surface area contributed by atoms with Crippen molar-refractivity contribution in [3.63, 3.8) is 0 Å². The van der Waals surface area contributed by atoms with Crippen molar-refractivity contribution in [2.45, 2.75) is 40.0 Å². The van der Waals surface area contributed by atoms with Crippen molar-refractivity contribution in [2.75, 3.05) is 0 Å². The van der Waals surface area contributed by atoms with Crippen LogP contribution in [0.2, 0.25) is 0 Å². The van der Waals surface area contributed by atoms with E-state index >= 15 is 0 Å². The lowest BCUT2D eigenvalue weighted by Crippen LogP contribution is -1.99. The summed E-state index contributed by atoms with van der Waals surface area (Å²) in [7, 11) is 0. The van der Waals surface area contributed by atoms with E-state index in [2.05, 4.69) is 100 Å². The van der Waals surface area contributed by atoms with Crippen molar-refractivity contribution in [2.24, 2.45) is 5.92 Å². The quantitative estimate of drug-likeness (QED) is 0.286. The van der Waals surface area contributed by atoms with Crippen molar-refractivity contribution in [3.05, 3.63) is 101 Å². The standard InChI is InChI=1S/C30H29NO/c1-19(2)15-24-17-27(31-18-20(24)3)23-13-14-28-26(16-23)30-25(11-8-12-29(30)32-28)21(4)22-9-6-5-7-10-22/h5-14,16-19,21H,15H2,1-4H3. The highest BCUT2D eigenvalue weighted by Crippen LogP contribution is 2.38. The largest absolute Gasteiger partial charge is 0.456 e. The molecule has 5 rings (SSSR count).